The van der Waals surface area contributed by atoms with Gasteiger partial charge < -0.3 is 13.9 Å². The van der Waals surface area contributed by atoms with Gasteiger partial charge in [0.15, 0.2) is 0 Å². The Morgan fingerprint density at radius 2 is 1.14 bits per heavy atom. The first kappa shape index (κ1) is 48.2. The Hall–Kier alpha value is -6.81. The molecule has 0 aliphatic heterocycles. The summed E-state index contributed by atoms with van der Waals surface area (Å²) in [5, 5.41) is 2.29. The maximum Gasteiger partial charge on any atom is 0.267 e. The van der Waals surface area contributed by atoms with Crippen LogP contribution in [0.4, 0.5) is 0 Å². The Balaban J connectivity index is 0.00000608. The van der Waals surface area contributed by atoms with E-state index in [0.29, 0.717) is 11.5 Å². The zero-order valence-electron chi connectivity index (χ0n) is 41.8. The predicted octanol–water partition coefficient (Wildman–Crippen LogP) is 15.4. The van der Waals surface area contributed by atoms with Gasteiger partial charge in [0, 0.05) is 61.3 Å². The largest absolute Gasteiger partial charge is 0.510 e. The number of nitrogens with zero attached hydrogens (tertiary/aromatic N) is 4. The summed E-state index contributed by atoms with van der Waals surface area (Å²) >= 11 is 0. The third kappa shape index (κ3) is 9.09. The second kappa shape index (κ2) is 18.5. The quantitative estimate of drug-likeness (QED) is 0.101. The Labute approximate surface area is 428 Å². The zero-order chi connectivity index (χ0) is 48.3. The summed E-state index contributed by atoms with van der Waals surface area (Å²) in [4.78, 5) is 5.03. The maximum absolute atomic E-state index is 6.91. The van der Waals surface area contributed by atoms with Gasteiger partial charge in [-0.1, -0.05) is 195 Å². The number of hydrogen-bond donors (Lipinski definition) is 0. The van der Waals surface area contributed by atoms with Crippen LogP contribution in [0.3, 0.4) is 0 Å². The molecule has 6 heteroatoms. The summed E-state index contributed by atoms with van der Waals surface area (Å²) in [5.74, 6) is 2.01. The summed E-state index contributed by atoms with van der Waals surface area (Å²) < 4.78 is 13.4. The van der Waals surface area contributed by atoms with E-state index in [1.54, 1.807) is 0 Å². The van der Waals surface area contributed by atoms with Gasteiger partial charge in [0.25, 0.3) is 6.33 Å². The van der Waals surface area contributed by atoms with E-state index < -0.39 is 0 Å². The monoisotopic (exact) mass is 1100 g/mol. The van der Waals surface area contributed by atoms with E-state index in [1.165, 1.54) is 27.8 Å². The molecule has 0 bridgehead atoms. The van der Waals surface area contributed by atoms with Gasteiger partial charge in [0.1, 0.15) is 5.82 Å². The molecular formula is C64H60N4OPt-2. The number of imidazole rings is 1. The van der Waals surface area contributed by atoms with Gasteiger partial charge in [-0.3, -0.25) is 4.57 Å². The second-order valence-electron chi connectivity index (χ2n) is 21.5. The Morgan fingerprint density at radius 1 is 0.529 bits per heavy atom. The van der Waals surface area contributed by atoms with E-state index in [4.69, 9.17) is 9.72 Å². The number of aromatic nitrogens is 4. The Bertz CT molecular complexity index is 3480. The average molecular weight is 1100 g/mol. The molecule has 0 saturated heterocycles. The van der Waals surface area contributed by atoms with E-state index in [9.17, 15) is 0 Å². The zero-order valence-corrected chi connectivity index (χ0v) is 44.1. The molecule has 0 N–H and O–H groups in total. The van der Waals surface area contributed by atoms with Crippen molar-refractivity contribution in [1.29, 1.82) is 0 Å². The number of hydrogen-bond acceptors (Lipinski definition) is 2. The van der Waals surface area contributed by atoms with Crippen LogP contribution in [0, 0.1) is 18.5 Å². The number of ether oxygens (including phenoxy) is 1. The van der Waals surface area contributed by atoms with Crippen LogP contribution < -0.4 is 9.30 Å². The van der Waals surface area contributed by atoms with Gasteiger partial charge in [-0.2, -0.15) is 12.1 Å². The van der Waals surface area contributed by atoms with Gasteiger partial charge >= 0.3 is 0 Å². The Kier molecular flexibility index (Phi) is 12.7. The third-order valence-electron chi connectivity index (χ3n) is 13.9. The third-order valence-corrected chi connectivity index (χ3v) is 13.9. The molecule has 0 unspecified atom stereocenters. The Morgan fingerprint density at radius 3 is 1.80 bits per heavy atom. The number of benzene rings is 7. The number of pyridine rings is 1. The van der Waals surface area contributed by atoms with E-state index in [1.807, 2.05) is 18.3 Å². The van der Waals surface area contributed by atoms with E-state index >= 15 is 0 Å². The van der Waals surface area contributed by atoms with E-state index in [-0.39, 0.29) is 42.7 Å². The van der Waals surface area contributed by atoms with Crippen LogP contribution in [0.25, 0.3) is 50.3 Å². The normalized spacial score (nSPS) is 12.3. The second-order valence-corrected chi connectivity index (χ2v) is 21.5. The molecule has 354 valence electrons. The molecule has 0 aliphatic carbocycles. The molecule has 3 aromatic heterocycles. The van der Waals surface area contributed by atoms with Crippen LogP contribution in [0.1, 0.15) is 103 Å². The van der Waals surface area contributed by atoms with Crippen LogP contribution in [-0.2, 0) is 42.7 Å². The van der Waals surface area contributed by atoms with Crippen LogP contribution in [0.5, 0.6) is 11.5 Å². The van der Waals surface area contributed by atoms with Crippen molar-refractivity contribution in [2.75, 3.05) is 0 Å². The minimum absolute atomic E-state index is 0. The molecule has 10 aromatic rings. The number of fused-ring (bicyclic) bond motifs is 3. The standard InChI is InChI=1S/C64H60N4O.Pt/c1-61(2,3)48-35-49(64(9,10)46-27-18-13-19-28-46)37-51(36-48)66-42-58(44-23-14-11-15-24-44)67(43-66)50-29-22-30-52(39-50)69-53-40-55(62(4,5)6)60-54-31-20-21-32-56(54)68(57(60)41-53)59-38-47(33-34-65-59)63(7,8)45-25-16-12-17-26-45;/h11-38,40,42H,1-10H3;/q-2;. The first-order valence-electron chi connectivity index (χ1n) is 24.0. The van der Waals surface area contributed by atoms with Crippen molar-refractivity contribution in [3.63, 3.8) is 0 Å². The SMILES string of the molecule is CC(C)(C)c1cc(-[n+]2[c-]n(-c3[c-]c(Oc4[c-]c5c(c(C(C)(C)C)c4)c4ccccc4n5-c4cc(C(C)(C)c5ccccc5)ccn4)ccc3)c(-c3ccccc3)c2)cc(C(C)(C)c2ccccc2)c1.[Pt]. The maximum atomic E-state index is 6.91. The molecule has 10 rings (SSSR count). The van der Waals surface area contributed by atoms with Crippen LogP contribution in [0.2, 0.25) is 0 Å². The fourth-order valence-corrected chi connectivity index (χ4v) is 9.63. The van der Waals surface area contributed by atoms with Crippen molar-refractivity contribution in [3.8, 4) is 39.9 Å². The summed E-state index contributed by atoms with van der Waals surface area (Å²) in [6, 6.07) is 67.5. The molecule has 0 atom stereocenters. The van der Waals surface area contributed by atoms with Crippen LogP contribution >= 0.6 is 0 Å². The van der Waals surface area contributed by atoms with E-state index in [0.717, 1.165) is 55.8 Å². The molecule has 5 nitrogen and oxygen atoms in total. The number of para-hydroxylation sites is 1. The molecule has 0 aliphatic rings. The van der Waals surface area contributed by atoms with Crippen LogP contribution in [0.15, 0.2) is 182 Å². The molecule has 70 heavy (non-hydrogen) atoms. The van der Waals surface area contributed by atoms with Crippen molar-refractivity contribution < 1.29 is 30.4 Å². The molecule has 0 amide bonds. The molecule has 0 spiro atoms. The van der Waals surface area contributed by atoms with Crippen LogP contribution in [-0.4, -0.2) is 14.1 Å². The molecule has 0 saturated carbocycles. The smallest absolute Gasteiger partial charge is 0.267 e. The first-order valence-corrected chi connectivity index (χ1v) is 24.0. The van der Waals surface area contributed by atoms with E-state index in [2.05, 4.69) is 265 Å². The molecule has 0 fully saturated rings. The minimum Gasteiger partial charge on any atom is -0.510 e. The van der Waals surface area contributed by atoms with Crippen molar-refractivity contribution in [1.82, 2.24) is 14.1 Å². The predicted molar refractivity (Wildman–Crippen MR) is 282 cm³/mol. The summed E-state index contributed by atoms with van der Waals surface area (Å²) in [6.45, 7) is 22.8. The molecule has 0 radical (unpaired) electrons. The summed E-state index contributed by atoms with van der Waals surface area (Å²) in [7, 11) is 0. The van der Waals surface area contributed by atoms with Gasteiger partial charge in [-0.15, -0.1) is 29.8 Å². The minimum atomic E-state index is -0.247. The van der Waals surface area contributed by atoms with Crippen molar-refractivity contribution >= 4 is 21.8 Å². The van der Waals surface area contributed by atoms with Crippen molar-refractivity contribution in [2.45, 2.75) is 90.9 Å². The molecule has 3 heterocycles. The van der Waals surface area contributed by atoms with Crippen molar-refractivity contribution in [3.05, 3.63) is 234 Å². The summed E-state index contributed by atoms with van der Waals surface area (Å²) in [6.07, 6.45) is 7.86. The summed E-state index contributed by atoms with van der Waals surface area (Å²) in [5.41, 5.74) is 12.4. The van der Waals surface area contributed by atoms with Gasteiger partial charge in [-0.25, -0.2) is 4.98 Å². The van der Waals surface area contributed by atoms with Crippen molar-refractivity contribution in [2.24, 2.45) is 0 Å². The number of rotatable bonds is 10. The molecule has 7 aromatic carbocycles. The fraction of sp³-hybridized carbons (Fsp3) is 0.219. The van der Waals surface area contributed by atoms with Gasteiger partial charge in [0.2, 0.25) is 0 Å². The molecular weight excluding hydrogens is 1040 g/mol. The van der Waals surface area contributed by atoms with Gasteiger partial charge in [0.05, 0.1) is 11.4 Å². The first-order chi connectivity index (χ1) is 33.0. The van der Waals surface area contributed by atoms with Gasteiger partial charge in [-0.05, 0) is 85.6 Å². The topological polar surface area (TPSA) is 35.9 Å². The average Bonchev–Trinajstić information content (AvgIpc) is 3.95. The fourth-order valence-electron chi connectivity index (χ4n) is 9.63.